The fourth-order valence-electron chi connectivity index (χ4n) is 3.01. The van der Waals surface area contributed by atoms with Crippen molar-refractivity contribution in [1.82, 2.24) is 4.90 Å². The zero-order chi connectivity index (χ0) is 20.8. The summed E-state index contributed by atoms with van der Waals surface area (Å²) in [7, 11) is 1.63. The largest absolute Gasteiger partial charge is 0.355 e. The second kappa shape index (κ2) is 9.06. The van der Waals surface area contributed by atoms with Crippen LogP contribution in [0.5, 0.6) is 0 Å². The highest BCUT2D eigenvalue weighted by molar-refractivity contribution is 6.03. The smallest absolute Gasteiger partial charge is 0.256 e. The van der Waals surface area contributed by atoms with Gasteiger partial charge in [0, 0.05) is 18.4 Å². The molecule has 0 spiro atoms. The van der Waals surface area contributed by atoms with Gasteiger partial charge in [-0.2, -0.15) is 0 Å². The summed E-state index contributed by atoms with van der Waals surface area (Å²) in [4.78, 5) is 26.9. The lowest BCUT2D eigenvalue weighted by Gasteiger charge is -2.20. The molecule has 0 aliphatic heterocycles. The van der Waals surface area contributed by atoms with Crippen LogP contribution >= 0.6 is 0 Å². The van der Waals surface area contributed by atoms with E-state index in [-0.39, 0.29) is 18.4 Å². The van der Waals surface area contributed by atoms with Crippen LogP contribution in [-0.4, -0.2) is 30.3 Å². The predicted molar refractivity (Wildman–Crippen MR) is 118 cm³/mol. The molecule has 3 rings (SSSR count). The van der Waals surface area contributed by atoms with E-state index < -0.39 is 0 Å². The lowest BCUT2D eigenvalue weighted by atomic mass is 10.1. The van der Waals surface area contributed by atoms with Gasteiger partial charge in [-0.25, -0.2) is 0 Å². The molecule has 2 N–H and O–H groups in total. The highest BCUT2D eigenvalue weighted by Crippen LogP contribution is 2.22. The normalized spacial score (nSPS) is 10.3. The third-order valence-corrected chi connectivity index (χ3v) is 4.60. The minimum absolute atomic E-state index is 0.0358. The number of aryl methyl sites for hydroxylation is 2. The molecule has 0 unspecified atom stereocenters. The molecule has 0 fully saturated rings. The van der Waals surface area contributed by atoms with Crippen molar-refractivity contribution in [2.45, 2.75) is 13.8 Å². The first-order chi connectivity index (χ1) is 13.9. The van der Waals surface area contributed by atoms with Crippen LogP contribution in [0.15, 0.2) is 72.8 Å². The summed E-state index contributed by atoms with van der Waals surface area (Å²) in [6.45, 7) is 3.88. The Morgan fingerprint density at radius 1 is 0.862 bits per heavy atom. The highest BCUT2D eigenvalue weighted by Gasteiger charge is 2.18. The molecule has 0 atom stereocenters. The Bertz CT molecular complexity index is 1020. The first kappa shape index (κ1) is 20.1. The van der Waals surface area contributed by atoms with Crippen molar-refractivity contribution < 1.29 is 9.59 Å². The first-order valence-electron chi connectivity index (χ1n) is 9.47. The van der Waals surface area contributed by atoms with Gasteiger partial charge in [0.15, 0.2) is 0 Å². The molecular weight excluding hydrogens is 362 g/mol. The Kier molecular flexibility index (Phi) is 6.29. The summed E-state index contributed by atoms with van der Waals surface area (Å²) in [5.41, 5.74) is 4.92. The molecule has 0 saturated carbocycles. The Labute approximate surface area is 171 Å². The molecule has 3 aromatic carbocycles. The average molecular weight is 387 g/mol. The number of nitrogens with one attached hydrogen (secondary N) is 2. The molecule has 5 nitrogen and oxygen atoms in total. The molecule has 3 aromatic rings. The Morgan fingerprint density at radius 3 is 2.31 bits per heavy atom. The molecule has 5 heteroatoms. The van der Waals surface area contributed by atoms with Crippen molar-refractivity contribution in [2.75, 3.05) is 24.2 Å². The van der Waals surface area contributed by atoms with Crippen LogP contribution < -0.4 is 10.6 Å². The molecule has 0 aliphatic rings. The van der Waals surface area contributed by atoms with Crippen molar-refractivity contribution in [3.63, 3.8) is 0 Å². The number of amides is 2. The number of carbonyl (C=O) groups is 2. The summed E-state index contributed by atoms with van der Waals surface area (Å²) >= 11 is 0. The first-order valence-corrected chi connectivity index (χ1v) is 9.47. The highest BCUT2D eigenvalue weighted by atomic mass is 16.2. The summed E-state index contributed by atoms with van der Waals surface area (Å²) < 4.78 is 0. The fourth-order valence-corrected chi connectivity index (χ4v) is 3.01. The molecule has 0 bridgehead atoms. The standard InChI is InChI=1S/C24H25N3O2/c1-17-13-14-18(2)22(15-17)26-23(28)16-27(3)24(29)20-11-7-8-12-21(20)25-19-9-5-4-6-10-19/h4-15,25H,16H2,1-3H3,(H,26,28). The van der Waals surface area contributed by atoms with E-state index in [9.17, 15) is 9.59 Å². The van der Waals surface area contributed by atoms with Crippen LogP contribution in [-0.2, 0) is 4.79 Å². The predicted octanol–water partition coefficient (Wildman–Crippen LogP) is 4.76. The van der Waals surface area contributed by atoms with Crippen LogP contribution in [0.2, 0.25) is 0 Å². The quantitative estimate of drug-likeness (QED) is 0.641. The molecule has 0 heterocycles. The van der Waals surface area contributed by atoms with Gasteiger partial charge in [0.1, 0.15) is 0 Å². The third kappa shape index (κ3) is 5.23. The lowest BCUT2D eigenvalue weighted by molar-refractivity contribution is -0.116. The van der Waals surface area contributed by atoms with Gasteiger partial charge in [-0.3, -0.25) is 9.59 Å². The minimum Gasteiger partial charge on any atom is -0.355 e. The fraction of sp³-hybridized carbons (Fsp3) is 0.167. The lowest BCUT2D eigenvalue weighted by Crippen LogP contribution is -2.35. The summed E-state index contributed by atoms with van der Waals surface area (Å²) in [5.74, 6) is -0.455. The van der Waals surface area contributed by atoms with E-state index in [2.05, 4.69) is 10.6 Å². The summed E-state index contributed by atoms with van der Waals surface area (Å²) in [5, 5.41) is 6.16. The van der Waals surface area contributed by atoms with Gasteiger partial charge in [0.25, 0.3) is 5.91 Å². The number of rotatable bonds is 6. The third-order valence-electron chi connectivity index (χ3n) is 4.60. The SMILES string of the molecule is Cc1ccc(C)c(NC(=O)CN(C)C(=O)c2ccccc2Nc2ccccc2)c1. The average Bonchev–Trinajstić information content (AvgIpc) is 2.71. The molecular formula is C24H25N3O2. The molecule has 148 valence electrons. The van der Waals surface area contributed by atoms with Gasteiger partial charge in [0.2, 0.25) is 5.91 Å². The van der Waals surface area contributed by atoms with Crippen LogP contribution in [0.25, 0.3) is 0 Å². The maximum absolute atomic E-state index is 13.0. The van der Waals surface area contributed by atoms with E-state index in [1.54, 1.807) is 13.1 Å². The molecule has 2 amide bonds. The van der Waals surface area contributed by atoms with Gasteiger partial charge in [0.05, 0.1) is 17.8 Å². The van der Waals surface area contributed by atoms with E-state index in [0.717, 1.165) is 22.5 Å². The van der Waals surface area contributed by atoms with E-state index in [4.69, 9.17) is 0 Å². The monoisotopic (exact) mass is 387 g/mol. The molecule has 0 aromatic heterocycles. The van der Waals surface area contributed by atoms with Crippen LogP contribution in [0, 0.1) is 13.8 Å². The summed E-state index contributed by atoms with van der Waals surface area (Å²) in [6, 6.07) is 22.8. The zero-order valence-corrected chi connectivity index (χ0v) is 16.9. The number of nitrogens with zero attached hydrogens (tertiary/aromatic N) is 1. The zero-order valence-electron chi connectivity index (χ0n) is 16.9. The van der Waals surface area contributed by atoms with Gasteiger partial charge >= 0.3 is 0 Å². The minimum atomic E-state index is -0.233. The van der Waals surface area contributed by atoms with E-state index in [0.29, 0.717) is 11.3 Å². The van der Waals surface area contributed by atoms with E-state index >= 15 is 0 Å². The van der Waals surface area contributed by atoms with Crippen molar-refractivity contribution in [3.05, 3.63) is 89.5 Å². The van der Waals surface area contributed by atoms with Crippen molar-refractivity contribution in [2.24, 2.45) is 0 Å². The number of hydrogen-bond acceptors (Lipinski definition) is 3. The van der Waals surface area contributed by atoms with E-state index in [1.165, 1.54) is 4.90 Å². The number of likely N-dealkylation sites (N-methyl/N-ethyl adjacent to an activating group) is 1. The maximum Gasteiger partial charge on any atom is 0.256 e. The van der Waals surface area contributed by atoms with Crippen LogP contribution in [0.3, 0.4) is 0 Å². The van der Waals surface area contributed by atoms with Crippen LogP contribution in [0.4, 0.5) is 17.1 Å². The Morgan fingerprint density at radius 2 is 1.55 bits per heavy atom. The Balaban J connectivity index is 1.70. The molecule has 0 radical (unpaired) electrons. The Hall–Kier alpha value is -3.60. The second-order valence-electron chi connectivity index (χ2n) is 7.06. The maximum atomic E-state index is 13.0. The second-order valence-corrected chi connectivity index (χ2v) is 7.06. The van der Waals surface area contributed by atoms with Gasteiger partial charge in [-0.15, -0.1) is 0 Å². The topological polar surface area (TPSA) is 61.4 Å². The number of anilines is 3. The van der Waals surface area contributed by atoms with Gasteiger partial charge < -0.3 is 15.5 Å². The van der Waals surface area contributed by atoms with Gasteiger partial charge in [-0.1, -0.05) is 42.5 Å². The van der Waals surface area contributed by atoms with Crippen molar-refractivity contribution in [3.8, 4) is 0 Å². The molecule has 29 heavy (non-hydrogen) atoms. The van der Waals surface area contributed by atoms with E-state index in [1.807, 2.05) is 80.6 Å². The van der Waals surface area contributed by atoms with Crippen molar-refractivity contribution in [1.29, 1.82) is 0 Å². The van der Waals surface area contributed by atoms with Crippen LogP contribution in [0.1, 0.15) is 21.5 Å². The number of hydrogen-bond donors (Lipinski definition) is 2. The molecule has 0 aliphatic carbocycles. The van der Waals surface area contributed by atoms with Gasteiger partial charge in [-0.05, 0) is 55.3 Å². The number of carbonyl (C=O) groups excluding carboxylic acids is 2. The number of benzene rings is 3. The molecule has 0 saturated heterocycles. The van der Waals surface area contributed by atoms with Crippen molar-refractivity contribution >= 4 is 28.9 Å². The number of para-hydroxylation sites is 2. The summed E-state index contributed by atoms with van der Waals surface area (Å²) in [6.07, 6.45) is 0.